The smallest absolute Gasteiger partial charge is 0.137 e. The van der Waals surface area contributed by atoms with Crippen LogP contribution in [0.15, 0.2) is 18.2 Å². The van der Waals surface area contributed by atoms with Crippen LogP contribution in [0.1, 0.15) is 43.2 Å². The van der Waals surface area contributed by atoms with E-state index in [1.54, 1.807) is 0 Å². The molecular weight excluding hydrogens is 210 g/mol. The van der Waals surface area contributed by atoms with Gasteiger partial charge in [-0.1, -0.05) is 25.3 Å². The summed E-state index contributed by atoms with van der Waals surface area (Å²) >= 11 is 0. The van der Waals surface area contributed by atoms with Crippen molar-refractivity contribution < 1.29 is 4.74 Å². The molecule has 0 spiro atoms. The molecule has 1 fully saturated rings. The van der Waals surface area contributed by atoms with E-state index in [9.17, 15) is 0 Å². The number of ether oxygens (including phenoxy) is 1. The first-order valence-corrected chi connectivity index (χ1v) is 6.43. The summed E-state index contributed by atoms with van der Waals surface area (Å²) < 4.78 is 5.83. The summed E-state index contributed by atoms with van der Waals surface area (Å²) in [6.07, 6.45) is 6.56. The van der Waals surface area contributed by atoms with Crippen molar-refractivity contribution in [3.05, 3.63) is 29.3 Å². The molecule has 1 aliphatic carbocycles. The van der Waals surface area contributed by atoms with Gasteiger partial charge in [-0.05, 0) is 43.4 Å². The largest absolute Gasteiger partial charge is 0.492 e. The van der Waals surface area contributed by atoms with E-state index in [1.165, 1.54) is 32.1 Å². The van der Waals surface area contributed by atoms with Gasteiger partial charge >= 0.3 is 0 Å². The average Bonchev–Trinajstić information content (AvgIpc) is 2.38. The zero-order chi connectivity index (χ0) is 12.1. The van der Waals surface area contributed by atoms with Gasteiger partial charge in [0.25, 0.3) is 0 Å². The molecular formula is C15H19NO. The number of benzene rings is 1. The van der Waals surface area contributed by atoms with E-state index >= 15 is 0 Å². The summed E-state index contributed by atoms with van der Waals surface area (Å²) in [6.45, 7) is 2.78. The van der Waals surface area contributed by atoms with Crippen LogP contribution in [0.2, 0.25) is 0 Å². The van der Waals surface area contributed by atoms with Crippen molar-refractivity contribution in [2.45, 2.75) is 39.0 Å². The van der Waals surface area contributed by atoms with Gasteiger partial charge in [0.2, 0.25) is 0 Å². The predicted octanol–water partition coefficient (Wildman–Crippen LogP) is 3.83. The zero-order valence-electron chi connectivity index (χ0n) is 10.4. The number of nitriles is 1. The maximum atomic E-state index is 9.02. The molecule has 0 unspecified atom stereocenters. The highest BCUT2D eigenvalue weighted by atomic mass is 16.5. The fourth-order valence-electron chi connectivity index (χ4n) is 2.40. The average molecular weight is 229 g/mol. The van der Waals surface area contributed by atoms with Gasteiger partial charge in [-0.3, -0.25) is 0 Å². The number of hydrogen-bond acceptors (Lipinski definition) is 2. The number of rotatable bonds is 3. The molecule has 1 aromatic rings. The highest BCUT2D eigenvalue weighted by Crippen LogP contribution is 2.26. The maximum Gasteiger partial charge on any atom is 0.137 e. The van der Waals surface area contributed by atoms with E-state index in [0.29, 0.717) is 11.5 Å². The summed E-state index contributed by atoms with van der Waals surface area (Å²) in [5, 5.41) is 9.02. The Kier molecular flexibility index (Phi) is 4.03. The van der Waals surface area contributed by atoms with E-state index in [0.717, 1.165) is 17.9 Å². The molecule has 0 aromatic heterocycles. The molecule has 0 amide bonds. The molecule has 90 valence electrons. The van der Waals surface area contributed by atoms with Crippen LogP contribution in [0.4, 0.5) is 0 Å². The van der Waals surface area contributed by atoms with E-state index < -0.39 is 0 Å². The first-order chi connectivity index (χ1) is 8.29. The van der Waals surface area contributed by atoms with Crippen molar-refractivity contribution in [2.24, 2.45) is 5.92 Å². The Morgan fingerprint density at radius 3 is 2.76 bits per heavy atom. The Balaban J connectivity index is 1.98. The number of hydrogen-bond donors (Lipinski definition) is 0. The lowest BCUT2D eigenvalue weighted by atomic mass is 9.90. The first kappa shape index (κ1) is 12.0. The molecule has 1 aliphatic rings. The Morgan fingerprint density at radius 1 is 1.29 bits per heavy atom. The molecule has 2 nitrogen and oxygen atoms in total. The predicted molar refractivity (Wildman–Crippen MR) is 68.0 cm³/mol. The third kappa shape index (κ3) is 3.23. The number of aryl methyl sites for hydroxylation is 1. The van der Waals surface area contributed by atoms with Gasteiger partial charge in [0.1, 0.15) is 11.8 Å². The minimum absolute atomic E-state index is 0.645. The van der Waals surface area contributed by atoms with E-state index in [-0.39, 0.29) is 0 Å². The van der Waals surface area contributed by atoms with Crippen LogP contribution in [-0.2, 0) is 0 Å². The summed E-state index contributed by atoms with van der Waals surface area (Å²) in [7, 11) is 0. The fraction of sp³-hybridized carbons (Fsp3) is 0.533. The summed E-state index contributed by atoms with van der Waals surface area (Å²) in [6, 6.07) is 7.93. The van der Waals surface area contributed by atoms with E-state index in [4.69, 9.17) is 10.00 Å². The normalized spacial score (nSPS) is 16.5. The van der Waals surface area contributed by atoms with Crippen molar-refractivity contribution in [3.63, 3.8) is 0 Å². The highest BCUT2D eigenvalue weighted by Gasteiger charge is 2.14. The van der Waals surface area contributed by atoms with E-state index in [2.05, 4.69) is 6.07 Å². The Hall–Kier alpha value is -1.49. The van der Waals surface area contributed by atoms with Gasteiger partial charge in [-0.2, -0.15) is 5.26 Å². The topological polar surface area (TPSA) is 33.0 Å². The van der Waals surface area contributed by atoms with Gasteiger partial charge in [0, 0.05) is 0 Å². The summed E-state index contributed by atoms with van der Waals surface area (Å²) in [5.74, 6) is 1.42. The Morgan fingerprint density at radius 2 is 2.06 bits per heavy atom. The molecule has 0 atom stereocenters. The van der Waals surface area contributed by atoms with Gasteiger partial charge < -0.3 is 4.74 Å². The lowest BCUT2D eigenvalue weighted by Gasteiger charge is -2.22. The van der Waals surface area contributed by atoms with Crippen molar-refractivity contribution in [3.8, 4) is 11.8 Å². The van der Waals surface area contributed by atoms with Crippen molar-refractivity contribution >= 4 is 0 Å². The fourth-order valence-corrected chi connectivity index (χ4v) is 2.40. The second-order valence-electron chi connectivity index (χ2n) is 4.93. The second kappa shape index (κ2) is 5.72. The molecule has 1 aromatic carbocycles. The third-order valence-electron chi connectivity index (χ3n) is 3.46. The molecule has 0 aliphatic heterocycles. The lowest BCUT2D eigenvalue weighted by molar-refractivity contribution is 0.208. The van der Waals surface area contributed by atoms with Crippen LogP contribution in [0.3, 0.4) is 0 Å². The monoisotopic (exact) mass is 229 g/mol. The SMILES string of the molecule is Cc1ccc(C#N)c(OCC2CCCCC2)c1. The molecule has 0 radical (unpaired) electrons. The molecule has 2 heteroatoms. The van der Waals surface area contributed by atoms with Crippen LogP contribution in [0.5, 0.6) is 5.75 Å². The quantitative estimate of drug-likeness (QED) is 0.789. The van der Waals surface area contributed by atoms with E-state index in [1.807, 2.05) is 25.1 Å². The minimum atomic E-state index is 0.645. The molecule has 0 heterocycles. The van der Waals surface area contributed by atoms with Crippen LogP contribution in [0, 0.1) is 24.2 Å². The molecule has 0 saturated heterocycles. The van der Waals surface area contributed by atoms with Crippen LogP contribution in [-0.4, -0.2) is 6.61 Å². The molecule has 0 bridgehead atoms. The second-order valence-corrected chi connectivity index (χ2v) is 4.93. The minimum Gasteiger partial charge on any atom is -0.492 e. The van der Waals surface area contributed by atoms with Gasteiger partial charge in [0.15, 0.2) is 0 Å². The highest BCUT2D eigenvalue weighted by molar-refractivity contribution is 5.44. The van der Waals surface area contributed by atoms with Crippen molar-refractivity contribution in [2.75, 3.05) is 6.61 Å². The van der Waals surface area contributed by atoms with Crippen LogP contribution < -0.4 is 4.74 Å². The molecule has 0 N–H and O–H groups in total. The zero-order valence-corrected chi connectivity index (χ0v) is 10.4. The Bertz CT molecular complexity index is 413. The van der Waals surface area contributed by atoms with Gasteiger partial charge in [-0.15, -0.1) is 0 Å². The van der Waals surface area contributed by atoms with Crippen molar-refractivity contribution in [1.29, 1.82) is 5.26 Å². The molecule has 2 rings (SSSR count). The number of nitrogens with zero attached hydrogens (tertiary/aromatic N) is 1. The molecule has 17 heavy (non-hydrogen) atoms. The molecule has 1 saturated carbocycles. The maximum absolute atomic E-state index is 9.02. The van der Waals surface area contributed by atoms with Crippen molar-refractivity contribution in [1.82, 2.24) is 0 Å². The van der Waals surface area contributed by atoms with Gasteiger partial charge in [-0.25, -0.2) is 0 Å². The first-order valence-electron chi connectivity index (χ1n) is 6.43. The third-order valence-corrected chi connectivity index (χ3v) is 3.46. The Labute approximate surface area is 103 Å². The van der Waals surface area contributed by atoms with Crippen LogP contribution >= 0.6 is 0 Å². The van der Waals surface area contributed by atoms with Gasteiger partial charge in [0.05, 0.1) is 12.2 Å². The lowest BCUT2D eigenvalue weighted by Crippen LogP contribution is -2.15. The summed E-state index contributed by atoms with van der Waals surface area (Å²) in [4.78, 5) is 0. The van der Waals surface area contributed by atoms with Crippen LogP contribution in [0.25, 0.3) is 0 Å². The summed E-state index contributed by atoms with van der Waals surface area (Å²) in [5.41, 5.74) is 1.79. The standard InChI is InChI=1S/C15H19NO/c1-12-7-8-14(10-16)15(9-12)17-11-13-5-3-2-4-6-13/h7-9,13H,2-6,11H2,1H3.